The minimum atomic E-state index is 0.199. The summed E-state index contributed by atoms with van der Waals surface area (Å²) in [5, 5.41) is 10.1. The Bertz CT molecular complexity index is 999. The molecule has 0 unspecified atom stereocenters. The van der Waals surface area contributed by atoms with E-state index in [-0.39, 0.29) is 5.91 Å². The molecule has 1 saturated heterocycles. The van der Waals surface area contributed by atoms with E-state index in [0.29, 0.717) is 12.0 Å². The van der Waals surface area contributed by atoms with Crippen molar-refractivity contribution < 1.29 is 4.79 Å². The molecule has 0 radical (unpaired) electrons. The van der Waals surface area contributed by atoms with Gasteiger partial charge < -0.3 is 9.88 Å². The molecule has 5 heteroatoms. The zero-order chi connectivity index (χ0) is 19.3. The van der Waals surface area contributed by atoms with E-state index in [9.17, 15) is 4.79 Å². The van der Waals surface area contributed by atoms with Crippen molar-refractivity contribution in [1.29, 1.82) is 5.26 Å². The third-order valence-electron chi connectivity index (χ3n) is 5.45. The standard InChI is InChI=1S/C23H24N4O/c24-15-18-6-8-19(9-7-18)17-26-10-3-11-27(13-12-26)23(28)14-20-16-25-22-5-2-1-4-21(20)22/h1-2,4-9,16,25H,3,10-14,17H2. The summed E-state index contributed by atoms with van der Waals surface area (Å²) in [6.45, 7) is 4.29. The van der Waals surface area contributed by atoms with E-state index in [2.05, 4.69) is 22.0 Å². The number of hydrogen-bond acceptors (Lipinski definition) is 3. The fourth-order valence-electron chi connectivity index (χ4n) is 3.87. The molecule has 1 aliphatic rings. The predicted molar refractivity (Wildman–Crippen MR) is 110 cm³/mol. The van der Waals surface area contributed by atoms with E-state index < -0.39 is 0 Å². The van der Waals surface area contributed by atoms with Crippen molar-refractivity contribution in [2.75, 3.05) is 26.2 Å². The van der Waals surface area contributed by atoms with E-state index in [4.69, 9.17) is 5.26 Å². The molecule has 0 atom stereocenters. The van der Waals surface area contributed by atoms with E-state index in [1.807, 2.05) is 53.6 Å². The van der Waals surface area contributed by atoms with Crippen LogP contribution in [0.25, 0.3) is 10.9 Å². The summed E-state index contributed by atoms with van der Waals surface area (Å²) in [4.78, 5) is 20.5. The molecule has 28 heavy (non-hydrogen) atoms. The van der Waals surface area contributed by atoms with Crippen molar-refractivity contribution in [2.24, 2.45) is 0 Å². The molecule has 0 aliphatic carbocycles. The smallest absolute Gasteiger partial charge is 0.227 e. The van der Waals surface area contributed by atoms with Gasteiger partial charge in [-0.2, -0.15) is 5.26 Å². The maximum atomic E-state index is 12.9. The molecular formula is C23H24N4O. The maximum Gasteiger partial charge on any atom is 0.227 e. The lowest BCUT2D eigenvalue weighted by molar-refractivity contribution is -0.130. The highest BCUT2D eigenvalue weighted by molar-refractivity contribution is 5.88. The Morgan fingerprint density at radius 1 is 1.04 bits per heavy atom. The summed E-state index contributed by atoms with van der Waals surface area (Å²) in [6, 6.07) is 18.0. The van der Waals surface area contributed by atoms with Crippen LogP contribution in [0, 0.1) is 11.3 Å². The van der Waals surface area contributed by atoms with E-state index in [0.717, 1.165) is 55.6 Å². The van der Waals surface area contributed by atoms with Gasteiger partial charge >= 0.3 is 0 Å². The molecule has 5 nitrogen and oxygen atoms in total. The van der Waals surface area contributed by atoms with Crippen molar-refractivity contribution in [1.82, 2.24) is 14.8 Å². The third kappa shape index (κ3) is 4.08. The zero-order valence-electron chi connectivity index (χ0n) is 15.9. The summed E-state index contributed by atoms with van der Waals surface area (Å²) in [7, 11) is 0. The van der Waals surface area contributed by atoms with Crippen molar-refractivity contribution >= 4 is 16.8 Å². The van der Waals surface area contributed by atoms with Gasteiger partial charge in [-0.3, -0.25) is 9.69 Å². The Balaban J connectivity index is 1.35. The van der Waals surface area contributed by atoms with E-state index in [1.165, 1.54) is 5.56 Å². The van der Waals surface area contributed by atoms with Gasteiger partial charge in [0.05, 0.1) is 18.1 Å². The average Bonchev–Trinajstić information content (AvgIpc) is 2.98. The zero-order valence-corrected chi connectivity index (χ0v) is 15.9. The number of nitriles is 1. The van der Waals surface area contributed by atoms with Crippen molar-refractivity contribution in [3.05, 3.63) is 71.4 Å². The number of aromatic nitrogens is 1. The average molecular weight is 372 g/mol. The minimum Gasteiger partial charge on any atom is -0.361 e. The van der Waals surface area contributed by atoms with Crippen LogP contribution in [0.1, 0.15) is 23.1 Å². The molecule has 142 valence electrons. The number of benzene rings is 2. The van der Waals surface area contributed by atoms with Gasteiger partial charge in [0.25, 0.3) is 0 Å². The van der Waals surface area contributed by atoms with E-state index in [1.54, 1.807) is 0 Å². The Morgan fingerprint density at radius 3 is 2.68 bits per heavy atom. The lowest BCUT2D eigenvalue weighted by atomic mass is 10.1. The summed E-state index contributed by atoms with van der Waals surface area (Å²) < 4.78 is 0. The molecule has 1 aromatic heterocycles. The second-order valence-corrected chi connectivity index (χ2v) is 7.36. The first kappa shape index (κ1) is 18.3. The second-order valence-electron chi connectivity index (χ2n) is 7.36. The number of nitrogens with one attached hydrogen (secondary N) is 1. The molecule has 0 spiro atoms. The van der Waals surface area contributed by atoms with Gasteiger partial charge in [-0.1, -0.05) is 30.3 Å². The number of fused-ring (bicyclic) bond motifs is 1. The third-order valence-corrected chi connectivity index (χ3v) is 5.45. The van der Waals surface area contributed by atoms with Gasteiger partial charge in [0.15, 0.2) is 0 Å². The highest BCUT2D eigenvalue weighted by atomic mass is 16.2. The monoisotopic (exact) mass is 372 g/mol. The molecule has 0 bridgehead atoms. The first-order chi connectivity index (χ1) is 13.7. The fraction of sp³-hybridized carbons (Fsp3) is 0.304. The summed E-state index contributed by atoms with van der Waals surface area (Å²) in [5.74, 6) is 0.199. The van der Waals surface area contributed by atoms with Crippen LogP contribution in [0.15, 0.2) is 54.7 Å². The van der Waals surface area contributed by atoms with Crippen LogP contribution in [0.4, 0.5) is 0 Å². The van der Waals surface area contributed by atoms with Crippen LogP contribution in [-0.2, 0) is 17.8 Å². The number of H-pyrrole nitrogens is 1. The van der Waals surface area contributed by atoms with Gasteiger partial charge in [0.2, 0.25) is 5.91 Å². The number of amides is 1. The van der Waals surface area contributed by atoms with Gasteiger partial charge in [-0.25, -0.2) is 0 Å². The first-order valence-electron chi connectivity index (χ1n) is 9.77. The van der Waals surface area contributed by atoms with Crippen molar-refractivity contribution in [3.8, 4) is 6.07 Å². The number of nitrogens with zero attached hydrogens (tertiary/aromatic N) is 3. The SMILES string of the molecule is N#Cc1ccc(CN2CCCN(C(=O)Cc3c[nH]c4ccccc34)CC2)cc1. The molecule has 2 aromatic carbocycles. The van der Waals surface area contributed by atoms with Crippen LogP contribution in [0.2, 0.25) is 0 Å². The first-order valence-corrected chi connectivity index (χ1v) is 9.77. The summed E-state index contributed by atoms with van der Waals surface area (Å²) >= 11 is 0. The van der Waals surface area contributed by atoms with Crippen LogP contribution in [0.3, 0.4) is 0 Å². The van der Waals surface area contributed by atoms with Crippen molar-refractivity contribution in [3.63, 3.8) is 0 Å². The fourth-order valence-corrected chi connectivity index (χ4v) is 3.87. The molecule has 1 fully saturated rings. The Labute approximate surface area is 165 Å². The topological polar surface area (TPSA) is 63.1 Å². The van der Waals surface area contributed by atoms with Gasteiger partial charge in [-0.15, -0.1) is 0 Å². The Kier molecular flexibility index (Phi) is 5.41. The molecule has 1 amide bonds. The van der Waals surface area contributed by atoms with Crippen LogP contribution >= 0.6 is 0 Å². The Hall–Kier alpha value is -3.10. The predicted octanol–water partition coefficient (Wildman–Crippen LogP) is 3.32. The lowest BCUT2D eigenvalue weighted by Crippen LogP contribution is -2.36. The van der Waals surface area contributed by atoms with Gasteiger partial charge in [0, 0.05) is 49.8 Å². The molecular weight excluding hydrogens is 348 g/mol. The highest BCUT2D eigenvalue weighted by Gasteiger charge is 2.20. The molecule has 3 aromatic rings. The molecule has 1 aliphatic heterocycles. The van der Waals surface area contributed by atoms with Crippen LogP contribution in [-0.4, -0.2) is 46.9 Å². The number of carbonyl (C=O) groups excluding carboxylic acids is 1. The number of aromatic amines is 1. The largest absolute Gasteiger partial charge is 0.361 e. The van der Waals surface area contributed by atoms with Gasteiger partial charge in [-0.05, 0) is 35.7 Å². The quantitative estimate of drug-likeness (QED) is 0.764. The van der Waals surface area contributed by atoms with Gasteiger partial charge in [0.1, 0.15) is 0 Å². The normalized spacial score (nSPS) is 15.3. The molecule has 0 saturated carbocycles. The lowest BCUT2D eigenvalue weighted by Gasteiger charge is -2.22. The number of rotatable bonds is 4. The highest BCUT2D eigenvalue weighted by Crippen LogP contribution is 2.19. The van der Waals surface area contributed by atoms with Crippen LogP contribution in [0.5, 0.6) is 0 Å². The van der Waals surface area contributed by atoms with Crippen molar-refractivity contribution in [2.45, 2.75) is 19.4 Å². The van der Waals surface area contributed by atoms with Crippen LogP contribution < -0.4 is 0 Å². The maximum absolute atomic E-state index is 12.9. The Morgan fingerprint density at radius 2 is 1.86 bits per heavy atom. The number of carbonyl (C=O) groups is 1. The molecule has 2 heterocycles. The molecule has 1 N–H and O–H groups in total. The summed E-state index contributed by atoms with van der Waals surface area (Å²) in [6.07, 6.45) is 3.38. The number of para-hydroxylation sites is 1. The minimum absolute atomic E-state index is 0.199. The number of hydrogen-bond donors (Lipinski definition) is 1. The molecule has 4 rings (SSSR count). The second kappa shape index (κ2) is 8.28. The van der Waals surface area contributed by atoms with E-state index >= 15 is 0 Å². The summed E-state index contributed by atoms with van der Waals surface area (Å²) in [5.41, 5.74) is 4.04.